The van der Waals surface area contributed by atoms with Gasteiger partial charge in [-0.2, -0.15) is 5.26 Å². The standard InChI is InChI=1S/C27H32N2O3Si/c1-27(2,3)33(4,5)32-22-15-23-25(30)24(21-9-7-6-8-10-21)26(31)29(23,18-22)17-20-13-11-19(16-28)12-14-20/h6-14,22-23H,15,17-18H2,1-5H3/p+1/t22-,23-,29-/m1/s1. The van der Waals surface area contributed by atoms with E-state index in [2.05, 4.69) is 39.9 Å². The molecule has 0 aromatic heterocycles. The van der Waals surface area contributed by atoms with Crippen molar-refractivity contribution >= 4 is 19.7 Å². The number of nitriles is 1. The third kappa shape index (κ3) is 4.06. The molecule has 0 bridgehead atoms. The van der Waals surface area contributed by atoms with Crippen molar-refractivity contribution < 1.29 is 18.8 Å². The zero-order valence-corrected chi connectivity index (χ0v) is 21.1. The molecule has 0 spiro atoms. The molecule has 2 aliphatic heterocycles. The van der Waals surface area contributed by atoms with Crippen LogP contribution in [0.4, 0.5) is 0 Å². The van der Waals surface area contributed by atoms with Crippen LogP contribution in [0.3, 0.4) is 0 Å². The van der Waals surface area contributed by atoms with Crippen molar-refractivity contribution in [1.29, 1.82) is 5.26 Å². The molecular weight excluding hydrogens is 428 g/mol. The second kappa shape index (κ2) is 8.25. The van der Waals surface area contributed by atoms with Crippen LogP contribution in [0.25, 0.3) is 5.57 Å². The molecule has 4 rings (SSSR count). The van der Waals surface area contributed by atoms with Gasteiger partial charge >= 0.3 is 5.88 Å². The number of aliphatic hydroxyl groups is 1. The Hall–Kier alpha value is -2.72. The van der Waals surface area contributed by atoms with Crippen LogP contribution in [0.15, 0.2) is 60.5 Å². The highest BCUT2D eigenvalue weighted by Crippen LogP contribution is 2.48. The third-order valence-electron chi connectivity index (χ3n) is 7.68. The maximum absolute atomic E-state index is 13.7. The quantitative estimate of drug-likeness (QED) is 0.468. The van der Waals surface area contributed by atoms with E-state index >= 15 is 0 Å². The molecule has 2 aromatic carbocycles. The SMILES string of the molecule is CC(C)(C)[Si](C)(C)O[C@@H]1C[C@@H]2C(=O)C(c3ccccc3)=C(O)[N@+]2(Cc2ccc(C#N)cc2)C1. The number of hydrogen-bond acceptors (Lipinski definition) is 4. The number of nitrogens with zero attached hydrogens (tertiary/aromatic N) is 2. The van der Waals surface area contributed by atoms with Gasteiger partial charge in [-0.3, -0.25) is 4.79 Å². The average molecular weight is 462 g/mol. The van der Waals surface area contributed by atoms with Crippen LogP contribution >= 0.6 is 0 Å². The van der Waals surface area contributed by atoms with Crippen molar-refractivity contribution in [2.45, 2.75) is 64.0 Å². The van der Waals surface area contributed by atoms with E-state index in [9.17, 15) is 9.90 Å². The molecule has 0 amide bonds. The lowest BCUT2D eigenvalue weighted by atomic mass is 9.99. The Morgan fingerprint density at radius 1 is 1.12 bits per heavy atom. The minimum Gasteiger partial charge on any atom is -0.467 e. The zero-order valence-electron chi connectivity index (χ0n) is 20.1. The highest BCUT2D eigenvalue weighted by Gasteiger charge is 2.62. The molecule has 2 aliphatic rings. The first-order chi connectivity index (χ1) is 15.5. The molecule has 1 saturated heterocycles. The molecule has 33 heavy (non-hydrogen) atoms. The molecule has 0 aliphatic carbocycles. The number of quaternary nitrogens is 1. The third-order valence-corrected chi connectivity index (χ3v) is 12.2. The minimum atomic E-state index is -2.04. The number of hydrogen-bond donors (Lipinski definition) is 1. The Balaban J connectivity index is 1.75. The van der Waals surface area contributed by atoms with Crippen LogP contribution in [-0.4, -0.2) is 42.4 Å². The Labute approximate surface area is 197 Å². The van der Waals surface area contributed by atoms with E-state index in [1.807, 2.05) is 42.5 Å². The lowest BCUT2D eigenvalue weighted by Gasteiger charge is -2.38. The Morgan fingerprint density at radius 2 is 1.76 bits per heavy atom. The van der Waals surface area contributed by atoms with Gasteiger partial charge in [-0.25, -0.2) is 4.48 Å². The first-order valence-corrected chi connectivity index (χ1v) is 14.5. The first-order valence-electron chi connectivity index (χ1n) is 11.6. The molecular formula is C27H33N2O3Si+. The summed E-state index contributed by atoms with van der Waals surface area (Å²) in [5.74, 6) is 0.135. The maximum Gasteiger partial charge on any atom is 0.302 e. The minimum absolute atomic E-state index is 0.00586. The van der Waals surface area contributed by atoms with E-state index in [-0.39, 0.29) is 33.3 Å². The predicted octanol–water partition coefficient (Wildman–Crippen LogP) is 5.55. The fourth-order valence-corrected chi connectivity index (χ4v) is 6.25. The highest BCUT2D eigenvalue weighted by atomic mass is 28.4. The lowest BCUT2D eigenvalue weighted by molar-refractivity contribution is -0.918. The number of Topliss-reactive ketones (excluding diaryl/α,β-unsaturated/α-hetero) is 1. The van der Waals surface area contributed by atoms with Gasteiger partial charge < -0.3 is 9.53 Å². The van der Waals surface area contributed by atoms with Crippen LogP contribution in [0.2, 0.25) is 18.1 Å². The summed E-state index contributed by atoms with van der Waals surface area (Å²) in [5, 5.41) is 20.8. The van der Waals surface area contributed by atoms with Crippen LogP contribution in [0, 0.1) is 11.3 Å². The number of carbonyl (C=O) groups is 1. The fourth-order valence-electron chi connectivity index (χ4n) is 4.90. The maximum atomic E-state index is 13.7. The van der Waals surface area contributed by atoms with Gasteiger partial charge in [0.2, 0.25) is 5.78 Å². The van der Waals surface area contributed by atoms with Gasteiger partial charge in [-0.1, -0.05) is 63.2 Å². The van der Waals surface area contributed by atoms with Gasteiger partial charge in [-0.15, -0.1) is 0 Å². The molecule has 3 atom stereocenters. The van der Waals surface area contributed by atoms with Gasteiger partial charge in [0.25, 0.3) is 0 Å². The van der Waals surface area contributed by atoms with E-state index in [4.69, 9.17) is 9.69 Å². The van der Waals surface area contributed by atoms with E-state index < -0.39 is 8.32 Å². The van der Waals surface area contributed by atoms with Crippen molar-refractivity contribution in [3.8, 4) is 6.07 Å². The van der Waals surface area contributed by atoms with Gasteiger partial charge in [0.05, 0.1) is 11.6 Å². The highest BCUT2D eigenvalue weighted by molar-refractivity contribution is 6.74. The normalized spacial score (nSPS) is 25.3. The van der Waals surface area contributed by atoms with E-state index in [1.165, 1.54) is 0 Å². The van der Waals surface area contributed by atoms with Crippen molar-refractivity contribution in [2.24, 2.45) is 0 Å². The van der Waals surface area contributed by atoms with Gasteiger partial charge in [0.15, 0.2) is 14.4 Å². The summed E-state index contributed by atoms with van der Waals surface area (Å²) in [4.78, 5) is 13.7. The lowest BCUT2D eigenvalue weighted by Crippen LogP contribution is -2.50. The Kier molecular flexibility index (Phi) is 5.86. The molecule has 0 unspecified atom stereocenters. The molecule has 0 radical (unpaired) electrons. The predicted molar refractivity (Wildman–Crippen MR) is 131 cm³/mol. The molecule has 1 N–H and O–H groups in total. The van der Waals surface area contributed by atoms with Gasteiger partial charge in [0.1, 0.15) is 24.8 Å². The van der Waals surface area contributed by atoms with Crippen molar-refractivity contribution in [3.63, 3.8) is 0 Å². The van der Waals surface area contributed by atoms with E-state index in [0.717, 1.165) is 11.1 Å². The van der Waals surface area contributed by atoms with Gasteiger partial charge in [-0.05, 0) is 35.8 Å². The van der Waals surface area contributed by atoms with Crippen molar-refractivity contribution in [3.05, 3.63) is 77.2 Å². The summed E-state index contributed by atoms with van der Waals surface area (Å²) in [7, 11) is -2.04. The fraction of sp³-hybridized carbons (Fsp3) is 0.407. The number of rotatable bonds is 5. The number of fused-ring (bicyclic) bond motifs is 1. The molecule has 172 valence electrons. The van der Waals surface area contributed by atoms with Crippen LogP contribution < -0.4 is 0 Å². The zero-order chi connectivity index (χ0) is 24.0. The monoisotopic (exact) mass is 461 g/mol. The summed E-state index contributed by atoms with van der Waals surface area (Å²) in [5.41, 5.74) is 2.77. The Morgan fingerprint density at radius 3 is 2.33 bits per heavy atom. The van der Waals surface area contributed by atoms with Crippen molar-refractivity contribution in [1.82, 2.24) is 0 Å². The second-order valence-corrected chi connectivity index (χ2v) is 15.6. The first kappa shape index (κ1) is 23.4. The summed E-state index contributed by atoms with van der Waals surface area (Å²) >= 11 is 0. The topological polar surface area (TPSA) is 70.3 Å². The number of ketones is 1. The van der Waals surface area contributed by atoms with E-state index in [0.29, 0.717) is 30.6 Å². The molecule has 2 heterocycles. The summed E-state index contributed by atoms with van der Waals surface area (Å²) < 4.78 is 6.92. The number of carbonyl (C=O) groups excluding carboxylic acids is 1. The van der Waals surface area contributed by atoms with Crippen LogP contribution in [-0.2, 0) is 15.8 Å². The van der Waals surface area contributed by atoms with Crippen molar-refractivity contribution in [2.75, 3.05) is 6.54 Å². The average Bonchev–Trinajstić information content (AvgIpc) is 3.20. The molecule has 5 nitrogen and oxygen atoms in total. The number of benzene rings is 2. The van der Waals surface area contributed by atoms with Gasteiger partial charge in [0, 0.05) is 12.0 Å². The number of aliphatic hydroxyl groups excluding tert-OH is 1. The largest absolute Gasteiger partial charge is 0.467 e. The Bertz CT molecular complexity index is 1130. The summed E-state index contributed by atoms with van der Waals surface area (Å²) in [6.45, 7) is 12.2. The van der Waals surface area contributed by atoms with E-state index in [1.54, 1.807) is 12.1 Å². The summed E-state index contributed by atoms with van der Waals surface area (Å²) in [6.07, 6.45) is 0.514. The van der Waals surface area contributed by atoms with Crippen LogP contribution in [0.5, 0.6) is 0 Å². The smallest absolute Gasteiger partial charge is 0.302 e. The molecule has 6 heteroatoms. The second-order valence-electron chi connectivity index (χ2n) is 10.9. The summed E-state index contributed by atoms with van der Waals surface area (Å²) in [6, 6.07) is 18.7. The van der Waals surface area contributed by atoms with Crippen LogP contribution in [0.1, 0.15) is 43.9 Å². The molecule has 2 aromatic rings. The molecule has 1 fully saturated rings. The molecule has 0 saturated carbocycles.